The van der Waals surface area contributed by atoms with Crippen LogP contribution in [-0.2, 0) is 17.6 Å². The van der Waals surface area contributed by atoms with Gasteiger partial charge in [-0.25, -0.2) is 0 Å². The van der Waals surface area contributed by atoms with Gasteiger partial charge in [0.05, 0.1) is 5.25 Å². The van der Waals surface area contributed by atoms with Crippen LogP contribution in [-0.4, -0.2) is 21.4 Å². The molecule has 19 heavy (non-hydrogen) atoms. The molecule has 5 heteroatoms. The molecule has 0 bridgehead atoms. The molecular formula is C14H14N2O2S. The van der Waals surface area contributed by atoms with Gasteiger partial charge >= 0.3 is 0 Å². The molecule has 0 radical (unpaired) electrons. The fourth-order valence-corrected chi connectivity index (χ4v) is 3.34. The van der Waals surface area contributed by atoms with Crippen molar-refractivity contribution >= 4 is 33.8 Å². The van der Waals surface area contributed by atoms with Crippen LogP contribution in [0.3, 0.4) is 0 Å². The molecule has 1 aliphatic rings. The quantitative estimate of drug-likeness (QED) is 0.904. The predicted octanol–water partition coefficient (Wildman–Crippen LogP) is 2.62. The molecule has 0 aliphatic carbocycles. The van der Waals surface area contributed by atoms with E-state index >= 15 is 0 Å². The lowest BCUT2D eigenvalue weighted by molar-refractivity contribution is -0.118. The zero-order valence-corrected chi connectivity index (χ0v) is 11.3. The molecule has 1 aromatic heterocycles. The Morgan fingerprint density at radius 1 is 1.26 bits per heavy atom. The van der Waals surface area contributed by atoms with Crippen LogP contribution in [0.5, 0.6) is 0 Å². The standard InChI is InChI=1S/C14H14N2O2S/c1-2-10-9(7-12-13(17)16-14(18)19-12)8-5-3-4-6-11(8)15-10/h3-6,12,15H,2,7H2,1H3,(H,16,17,18). The van der Waals surface area contributed by atoms with Crippen molar-refractivity contribution < 1.29 is 9.59 Å². The molecule has 0 spiro atoms. The number of amides is 2. The minimum Gasteiger partial charge on any atom is -0.358 e. The summed E-state index contributed by atoms with van der Waals surface area (Å²) in [4.78, 5) is 26.3. The highest BCUT2D eigenvalue weighted by molar-refractivity contribution is 8.15. The zero-order valence-electron chi connectivity index (χ0n) is 10.5. The Hall–Kier alpha value is -1.75. The number of fused-ring (bicyclic) bond motifs is 1. The molecule has 1 saturated heterocycles. The van der Waals surface area contributed by atoms with E-state index in [2.05, 4.69) is 23.3 Å². The Labute approximate surface area is 115 Å². The average molecular weight is 274 g/mol. The molecule has 4 nitrogen and oxygen atoms in total. The number of aromatic nitrogens is 1. The summed E-state index contributed by atoms with van der Waals surface area (Å²) in [5.41, 5.74) is 3.39. The lowest BCUT2D eigenvalue weighted by Crippen LogP contribution is -2.25. The number of aryl methyl sites for hydroxylation is 1. The molecule has 2 amide bonds. The molecule has 2 N–H and O–H groups in total. The van der Waals surface area contributed by atoms with Gasteiger partial charge in [-0.3, -0.25) is 14.9 Å². The summed E-state index contributed by atoms with van der Waals surface area (Å²) < 4.78 is 0. The molecule has 3 rings (SSSR count). The molecule has 1 fully saturated rings. The van der Waals surface area contributed by atoms with Gasteiger partial charge in [-0.1, -0.05) is 36.9 Å². The molecular weight excluding hydrogens is 260 g/mol. The lowest BCUT2D eigenvalue weighted by Gasteiger charge is -2.06. The SMILES string of the molecule is CCc1[nH]c2ccccc2c1CC1SC(=O)NC1=O. The first-order valence-electron chi connectivity index (χ1n) is 6.29. The summed E-state index contributed by atoms with van der Waals surface area (Å²) in [5, 5.41) is 2.93. The number of thioether (sulfide) groups is 1. The number of aromatic amines is 1. The van der Waals surface area contributed by atoms with Crippen LogP contribution < -0.4 is 5.32 Å². The molecule has 98 valence electrons. The maximum Gasteiger partial charge on any atom is 0.286 e. The predicted molar refractivity (Wildman–Crippen MR) is 76.3 cm³/mol. The average Bonchev–Trinajstić information content (AvgIpc) is 2.91. The number of hydrogen-bond donors (Lipinski definition) is 2. The van der Waals surface area contributed by atoms with E-state index in [1.54, 1.807) is 0 Å². The third-order valence-corrected chi connectivity index (χ3v) is 4.39. The molecule has 1 unspecified atom stereocenters. The van der Waals surface area contributed by atoms with Gasteiger partial charge in [0, 0.05) is 16.6 Å². The van der Waals surface area contributed by atoms with Gasteiger partial charge in [-0.2, -0.15) is 0 Å². The van der Waals surface area contributed by atoms with Crippen LogP contribution >= 0.6 is 11.8 Å². The maximum absolute atomic E-state index is 11.7. The van der Waals surface area contributed by atoms with Crippen molar-refractivity contribution in [3.8, 4) is 0 Å². The van der Waals surface area contributed by atoms with Crippen molar-refractivity contribution in [1.29, 1.82) is 0 Å². The second-order valence-corrected chi connectivity index (χ2v) is 5.74. The van der Waals surface area contributed by atoms with E-state index in [1.165, 1.54) is 0 Å². The largest absolute Gasteiger partial charge is 0.358 e. The fourth-order valence-electron chi connectivity index (χ4n) is 2.50. The van der Waals surface area contributed by atoms with E-state index < -0.39 is 0 Å². The van der Waals surface area contributed by atoms with Crippen LogP contribution in [0, 0.1) is 0 Å². The van der Waals surface area contributed by atoms with Crippen molar-refractivity contribution in [1.82, 2.24) is 10.3 Å². The number of nitrogens with one attached hydrogen (secondary N) is 2. The number of imide groups is 1. The van der Waals surface area contributed by atoms with Crippen molar-refractivity contribution in [2.45, 2.75) is 25.0 Å². The number of hydrogen-bond acceptors (Lipinski definition) is 3. The van der Waals surface area contributed by atoms with E-state index in [9.17, 15) is 9.59 Å². The van der Waals surface area contributed by atoms with Crippen molar-refractivity contribution in [2.75, 3.05) is 0 Å². The number of carbonyl (C=O) groups excluding carboxylic acids is 2. The van der Waals surface area contributed by atoms with E-state index in [4.69, 9.17) is 0 Å². The molecule has 2 aromatic rings. The Bertz CT molecular complexity index is 663. The highest BCUT2D eigenvalue weighted by Gasteiger charge is 2.32. The summed E-state index contributed by atoms with van der Waals surface area (Å²) in [6.45, 7) is 2.08. The van der Waals surface area contributed by atoms with E-state index in [-0.39, 0.29) is 16.4 Å². The third-order valence-electron chi connectivity index (χ3n) is 3.41. The van der Waals surface area contributed by atoms with Gasteiger partial charge in [0.15, 0.2) is 0 Å². The number of benzene rings is 1. The Balaban J connectivity index is 2.00. The minimum atomic E-state index is -0.308. The summed E-state index contributed by atoms with van der Waals surface area (Å²) in [6.07, 6.45) is 1.48. The highest BCUT2D eigenvalue weighted by Crippen LogP contribution is 2.29. The van der Waals surface area contributed by atoms with Crippen molar-refractivity contribution in [3.63, 3.8) is 0 Å². The number of carbonyl (C=O) groups is 2. The molecule has 0 saturated carbocycles. The van der Waals surface area contributed by atoms with Crippen molar-refractivity contribution in [3.05, 3.63) is 35.5 Å². The fraction of sp³-hybridized carbons (Fsp3) is 0.286. The number of para-hydroxylation sites is 1. The molecule has 1 aliphatic heterocycles. The third kappa shape index (κ3) is 2.14. The van der Waals surface area contributed by atoms with Gasteiger partial charge in [0.1, 0.15) is 0 Å². The Morgan fingerprint density at radius 3 is 2.74 bits per heavy atom. The zero-order chi connectivity index (χ0) is 13.4. The van der Waals surface area contributed by atoms with Gasteiger partial charge in [0.25, 0.3) is 5.24 Å². The number of rotatable bonds is 3. The summed E-state index contributed by atoms with van der Waals surface area (Å²) in [6, 6.07) is 8.07. The second-order valence-electron chi connectivity index (χ2n) is 4.57. The topological polar surface area (TPSA) is 62.0 Å². The summed E-state index contributed by atoms with van der Waals surface area (Å²) >= 11 is 1.09. The van der Waals surface area contributed by atoms with Crippen LogP contribution in [0.25, 0.3) is 10.9 Å². The molecule has 1 atom stereocenters. The van der Waals surface area contributed by atoms with Gasteiger partial charge < -0.3 is 4.98 Å². The highest BCUT2D eigenvalue weighted by atomic mass is 32.2. The van der Waals surface area contributed by atoms with Crippen LogP contribution in [0.4, 0.5) is 4.79 Å². The summed E-state index contributed by atoms with van der Waals surface area (Å²) in [5.74, 6) is -0.178. The monoisotopic (exact) mass is 274 g/mol. The van der Waals surface area contributed by atoms with E-state index in [0.29, 0.717) is 6.42 Å². The molecule has 2 heterocycles. The van der Waals surface area contributed by atoms with Gasteiger partial charge in [-0.05, 0) is 24.5 Å². The summed E-state index contributed by atoms with van der Waals surface area (Å²) in [7, 11) is 0. The normalized spacial score (nSPS) is 19.1. The van der Waals surface area contributed by atoms with Crippen LogP contribution in [0.1, 0.15) is 18.2 Å². The van der Waals surface area contributed by atoms with E-state index in [1.807, 2.05) is 18.2 Å². The first-order chi connectivity index (χ1) is 9.19. The van der Waals surface area contributed by atoms with Crippen LogP contribution in [0.2, 0.25) is 0 Å². The smallest absolute Gasteiger partial charge is 0.286 e. The second kappa shape index (κ2) is 4.74. The van der Waals surface area contributed by atoms with Crippen molar-refractivity contribution in [2.24, 2.45) is 0 Å². The Morgan fingerprint density at radius 2 is 2.05 bits per heavy atom. The maximum atomic E-state index is 11.7. The van der Waals surface area contributed by atoms with Gasteiger partial charge in [-0.15, -0.1) is 0 Å². The first kappa shape index (κ1) is 12.3. The van der Waals surface area contributed by atoms with Gasteiger partial charge in [0.2, 0.25) is 5.91 Å². The molecule has 1 aromatic carbocycles. The minimum absolute atomic E-state index is 0.178. The first-order valence-corrected chi connectivity index (χ1v) is 7.17. The van der Waals surface area contributed by atoms with E-state index in [0.717, 1.165) is 40.3 Å². The Kier molecular flexibility index (Phi) is 3.06. The van der Waals surface area contributed by atoms with Crippen LogP contribution in [0.15, 0.2) is 24.3 Å². The number of H-pyrrole nitrogens is 1. The lowest BCUT2D eigenvalue weighted by atomic mass is 10.0.